The largest absolute Gasteiger partial charge is 0.465 e. The first-order chi connectivity index (χ1) is 11.7. The maximum Gasteiger partial charge on any atom is 0.340 e. The van der Waals surface area contributed by atoms with Crippen LogP contribution in [0, 0.1) is 0 Å². The number of aromatic nitrogens is 2. The molecule has 0 bridgehead atoms. The average molecular weight is 322 g/mol. The summed E-state index contributed by atoms with van der Waals surface area (Å²) in [4.78, 5) is 20.5. The fourth-order valence-electron chi connectivity index (χ4n) is 2.61. The van der Waals surface area contributed by atoms with Gasteiger partial charge in [-0.25, -0.2) is 14.8 Å². The lowest BCUT2D eigenvalue weighted by molar-refractivity contribution is 0.0603. The van der Waals surface area contributed by atoms with Gasteiger partial charge in [-0.05, 0) is 17.7 Å². The summed E-state index contributed by atoms with van der Waals surface area (Å²) < 4.78 is 4.82. The molecule has 1 aromatic heterocycles. The van der Waals surface area contributed by atoms with E-state index in [1.807, 2.05) is 36.4 Å². The van der Waals surface area contributed by atoms with Crippen LogP contribution < -0.4 is 11.1 Å². The summed E-state index contributed by atoms with van der Waals surface area (Å²) in [5.41, 5.74) is 7.94. The average Bonchev–Trinajstić information content (AvgIpc) is 2.65. The lowest BCUT2D eigenvalue weighted by Crippen LogP contribution is -2.21. The molecule has 1 heterocycles. The Bertz CT molecular complexity index is 852. The Labute approximate surface area is 139 Å². The number of nitrogens with one attached hydrogen (secondary N) is 1. The molecule has 122 valence electrons. The van der Waals surface area contributed by atoms with Gasteiger partial charge in [-0.3, -0.25) is 0 Å². The van der Waals surface area contributed by atoms with Crippen molar-refractivity contribution in [1.82, 2.24) is 9.97 Å². The minimum absolute atomic E-state index is 0.0916. The molecule has 1 unspecified atom stereocenters. The van der Waals surface area contributed by atoms with Gasteiger partial charge in [0.2, 0.25) is 0 Å². The van der Waals surface area contributed by atoms with E-state index in [1.165, 1.54) is 13.4 Å². The molecule has 0 amide bonds. The topological polar surface area (TPSA) is 90.1 Å². The highest BCUT2D eigenvalue weighted by Gasteiger charge is 2.16. The second-order valence-corrected chi connectivity index (χ2v) is 5.26. The Hall–Kier alpha value is -2.99. The van der Waals surface area contributed by atoms with Crippen molar-refractivity contribution >= 4 is 22.7 Å². The first-order valence-electron chi connectivity index (χ1n) is 7.58. The number of hydrogen-bond acceptors (Lipinski definition) is 6. The molecule has 0 aliphatic carbocycles. The zero-order valence-corrected chi connectivity index (χ0v) is 13.3. The summed E-state index contributed by atoms with van der Waals surface area (Å²) in [6.45, 7) is 0.409. The summed E-state index contributed by atoms with van der Waals surface area (Å²) in [5.74, 6) is 0.203. The first-order valence-corrected chi connectivity index (χ1v) is 7.58. The predicted octanol–water partition coefficient (Wildman–Crippen LogP) is 2.53. The molecule has 0 spiro atoms. The highest BCUT2D eigenvalue weighted by Crippen LogP contribution is 2.26. The third-order valence-electron chi connectivity index (χ3n) is 3.82. The molecule has 3 N–H and O–H groups in total. The van der Waals surface area contributed by atoms with Gasteiger partial charge in [0.1, 0.15) is 12.1 Å². The van der Waals surface area contributed by atoms with Crippen LogP contribution in [0.25, 0.3) is 10.9 Å². The molecule has 6 nitrogen and oxygen atoms in total. The summed E-state index contributed by atoms with van der Waals surface area (Å²) in [6.07, 6.45) is 1.43. The number of hydrogen-bond donors (Lipinski definition) is 2. The highest BCUT2D eigenvalue weighted by molar-refractivity contribution is 6.05. The molecule has 6 heteroatoms. The molecule has 2 aromatic carbocycles. The van der Waals surface area contributed by atoms with Gasteiger partial charge >= 0.3 is 5.97 Å². The molecular weight excluding hydrogens is 304 g/mol. The van der Waals surface area contributed by atoms with Crippen LogP contribution in [-0.4, -0.2) is 29.6 Å². The fourth-order valence-corrected chi connectivity index (χ4v) is 2.61. The van der Waals surface area contributed by atoms with E-state index < -0.39 is 5.97 Å². The van der Waals surface area contributed by atoms with Crippen molar-refractivity contribution in [3.05, 3.63) is 66.0 Å². The summed E-state index contributed by atoms with van der Waals surface area (Å²) >= 11 is 0. The van der Waals surface area contributed by atoms with Crippen molar-refractivity contribution in [1.29, 1.82) is 0 Å². The van der Waals surface area contributed by atoms with Crippen LogP contribution in [0.15, 0.2) is 54.9 Å². The molecular formula is C18H18N4O2. The molecule has 3 rings (SSSR count). The van der Waals surface area contributed by atoms with Crippen LogP contribution in [0.2, 0.25) is 0 Å². The second-order valence-electron chi connectivity index (χ2n) is 5.26. The SMILES string of the molecule is COC(=O)c1cccc2c(NC(CN)c3ccccc3)ncnc12. The summed E-state index contributed by atoms with van der Waals surface area (Å²) in [6, 6.07) is 15.1. The van der Waals surface area contributed by atoms with Crippen LogP contribution in [0.4, 0.5) is 5.82 Å². The molecule has 1 atom stereocenters. The molecule has 0 saturated heterocycles. The van der Waals surface area contributed by atoms with Crippen molar-refractivity contribution in [2.75, 3.05) is 19.0 Å². The lowest BCUT2D eigenvalue weighted by Gasteiger charge is -2.19. The number of nitrogens with two attached hydrogens (primary N) is 1. The van der Waals surface area contributed by atoms with E-state index in [-0.39, 0.29) is 6.04 Å². The number of carbonyl (C=O) groups is 1. The Kier molecular flexibility index (Phi) is 4.67. The van der Waals surface area contributed by atoms with Gasteiger partial charge in [0.15, 0.2) is 0 Å². The third kappa shape index (κ3) is 3.04. The second kappa shape index (κ2) is 7.06. The Morgan fingerprint density at radius 1 is 1.17 bits per heavy atom. The summed E-state index contributed by atoms with van der Waals surface area (Å²) in [5, 5.41) is 4.09. The number of fused-ring (bicyclic) bond motifs is 1. The van der Waals surface area contributed by atoms with Crippen LogP contribution in [0.3, 0.4) is 0 Å². The third-order valence-corrected chi connectivity index (χ3v) is 3.82. The fraction of sp³-hybridized carbons (Fsp3) is 0.167. The highest BCUT2D eigenvalue weighted by atomic mass is 16.5. The van der Waals surface area contributed by atoms with E-state index in [2.05, 4.69) is 15.3 Å². The Morgan fingerprint density at radius 3 is 2.67 bits per heavy atom. The van der Waals surface area contributed by atoms with Crippen molar-refractivity contribution in [3.63, 3.8) is 0 Å². The minimum atomic E-state index is -0.427. The number of ether oxygens (including phenoxy) is 1. The number of benzene rings is 2. The van der Waals surface area contributed by atoms with Crippen LogP contribution in [0.5, 0.6) is 0 Å². The van der Waals surface area contributed by atoms with Gasteiger partial charge in [-0.15, -0.1) is 0 Å². The predicted molar refractivity (Wildman–Crippen MR) is 92.7 cm³/mol. The number of nitrogens with zero attached hydrogens (tertiary/aromatic N) is 2. The van der Waals surface area contributed by atoms with Crippen LogP contribution in [-0.2, 0) is 4.74 Å². The van der Waals surface area contributed by atoms with Gasteiger partial charge in [-0.1, -0.05) is 36.4 Å². The molecule has 24 heavy (non-hydrogen) atoms. The van der Waals surface area contributed by atoms with Gasteiger partial charge in [0.05, 0.1) is 24.2 Å². The van der Waals surface area contributed by atoms with E-state index in [4.69, 9.17) is 10.5 Å². The van der Waals surface area contributed by atoms with Crippen molar-refractivity contribution in [3.8, 4) is 0 Å². The normalized spacial score (nSPS) is 11.9. The van der Waals surface area contributed by atoms with Crippen molar-refractivity contribution < 1.29 is 9.53 Å². The van der Waals surface area contributed by atoms with E-state index in [1.54, 1.807) is 12.1 Å². The molecule has 0 aliphatic rings. The van der Waals surface area contributed by atoms with Crippen LogP contribution >= 0.6 is 0 Å². The Balaban J connectivity index is 2.02. The van der Waals surface area contributed by atoms with E-state index in [0.717, 1.165) is 10.9 Å². The summed E-state index contributed by atoms with van der Waals surface area (Å²) in [7, 11) is 1.35. The lowest BCUT2D eigenvalue weighted by atomic mass is 10.1. The Morgan fingerprint density at radius 2 is 1.96 bits per heavy atom. The van der Waals surface area contributed by atoms with Gasteiger partial charge in [0, 0.05) is 11.9 Å². The quantitative estimate of drug-likeness (QED) is 0.702. The number of para-hydroxylation sites is 1. The van der Waals surface area contributed by atoms with Crippen molar-refractivity contribution in [2.24, 2.45) is 5.73 Å². The number of esters is 1. The van der Waals surface area contributed by atoms with Crippen molar-refractivity contribution in [2.45, 2.75) is 6.04 Å². The van der Waals surface area contributed by atoms with Gasteiger partial charge in [0.25, 0.3) is 0 Å². The van der Waals surface area contributed by atoms with E-state index in [0.29, 0.717) is 23.4 Å². The minimum Gasteiger partial charge on any atom is -0.465 e. The maximum atomic E-state index is 11.9. The number of anilines is 1. The zero-order valence-electron chi connectivity index (χ0n) is 13.3. The molecule has 0 radical (unpaired) electrons. The standard InChI is InChI=1S/C18H18N4O2/c1-24-18(23)14-9-5-8-13-16(14)20-11-21-17(13)22-15(10-19)12-6-3-2-4-7-12/h2-9,11,15H,10,19H2,1H3,(H,20,21,22). The van der Waals surface area contributed by atoms with Crippen LogP contribution in [0.1, 0.15) is 22.0 Å². The molecule has 0 saturated carbocycles. The molecule has 0 aliphatic heterocycles. The molecule has 3 aromatic rings. The monoisotopic (exact) mass is 322 g/mol. The zero-order chi connectivity index (χ0) is 16.9. The number of methoxy groups -OCH3 is 1. The maximum absolute atomic E-state index is 11.9. The van der Waals surface area contributed by atoms with E-state index in [9.17, 15) is 4.79 Å². The molecule has 0 fully saturated rings. The number of carbonyl (C=O) groups excluding carboxylic acids is 1. The number of rotatable bonds is 5. The van der Waals surface area contributed by atoms with Gasteiger partial charge in [-0.2, -0.15) is 0 Å². The van der Waals surface area contributed by atoms with Gasteiger partial charge < -0.3 is 15.8 Å². The van der Waals surface area contributed by atoms with E-state index >= 15 is 0 Å². The smallest absolute Gasteiger partial charge is 0.340 e. The first kappa shape index (κ1) is 15.9.